The number of hydrogen-bond acceptors (Lipinski definition) is 5. The van der Waals surface area contributed by atoms with Gasteiger partial charge in [-0.15, -0.1) is 10.2 Å². The molecule has 1 aliphatic rings. The summed E-state index contributed by atoms with van der Waals surface area (Å²) in [6.45, 7) is 2.28. The topological polar surface area (TPSA) is 103 Å². The van der Waals surface area contributed by atoms with Crippen molar-refractivity contribution >= 4 is 20.7 Å². The summed E-state index contributed by atoms with van der Waals surface area (Å²) in [7, 11) is -1.93. The summed E-state index contributed by atoms with van der Waals surface area (Å²) < 4.78 is 66.8. The first-order valence-corrected chi connectivity index (χ1v) is 12.7. The summed E-state index contributed by atoms with van der Waals surface area (Å²) in [5.41, 5.74) is -2.12. The van der Waals surface area contributed by atoms with Crippen molar-refractivity contribution in [1.29, 1.82) is 0 Å². The van der Waals surface area contributed by atoms with Gasteiger partial charge >= 0.3 is 6.18 Å². The number of para-hydroxylation sites is 1. The molecule has 0 amide bonds. The van der Waals surface area contributed by atoms with Gasteiger partial charge in [-0.25, -0.2) is 8.42 Å². The summed E-state index contributed by atoms with van der Waals surface area (Å²) in [5, 5.41) is 7.31. The van der Waals surface area contributed by atoms with Gasteiger partial charge in [0.1, 0.15) is 17.7 Å². The van der Waals surface area contributed by atoms with Crippen LogP contribution in [0.2, 0.25) is 0 Å². The van der Waals surface area contributed by atoms with Crippen molar-refractivity contribution in [3.8, 4) is 5.69 Å². The molecule has 3 aromatic heterocycles. The van der Waals surface area contributed by atoms with E-state index in [1.54, 1.807) is 24.5 Å². The largest absolute Gasteiger partial charge is 0.418 e. The average Bonchev–Trinajstić information content (AvgIpc) is 3.39. The Balaban J connectivity index is 0.000000218. The lowest BCUT2D eigenvalue weighted by molar-refractivity contribution is -0.136. The van der Waals surface area contributed by atoms with Gasteiger partial charge in [0.25, 0.3) is 5.56 Å². The number of nitrogens with one attached hydrogen (secondary N) is 1. The third kappa shape index (κ3) is 4.88. The fourth-order valence-corrected chi connectivity index (χ4v) is 5.13. The molecule has 0 spiro atoms. The van der Waals surface area contributed by atoms with E-state index in [-0.39, 0.29) is 5.69 Å². The molecule has 1 saturated carbocycles. The second kappa shape index (κ2) is 8.99. The van der Waals surface area contributed by atoms with Crippen LogP contribution < -0.4 is 5.56 Å². The monoisotopic (exact) mass is 507 g/mol. The highest BCUT2D eigenvalue weighted by atomic mass is 32.2. The van der Waals surface area contributed by atoms with Crippen LogP contribution >= 0.6 is 0 Å². The molecule has 0 saturated heterocycles. The minimum atomic E-state index is -4.83. The third-order valence-corrected chi connectivity index (χ3v) is 7.15. The molecule has 3 heterocycles. The third-order valence-electron chi connectivity index (χ3n) is 6.03. The summed E-state index contributed by atoms with van der Waals surface area (Å²) >= 11 is 0. The van der Waals surface area contributed by atoms with E-state index in [9.17, 15) is 26.4 Å². The first-order chi connectivity index (χ1) is 16.4. The van der Waals surface area contributed by atoms with Crippen LogP contribution in [0.5, 0.6) is 0 Å². The quantitative estimate of drug-likeness (QED) is 0.450. The summed E-state index contributed by atoms with van der Waals surface area (Å²) in [6.07, 6.45) is 1.84. The number of fused-ring (bicyclic) bond motifs is 1. The fraction of sp³-hybridized carbons (Fsp3) is 0.348. The fourth-order valence-electron chi connectivity index (χ4n) is 4.28. The van der Waals surface area contributed by atoms with Crippen LogP contribution in [-0.2, 0) is 23.1 Å². The van der Waals surface area contributed by atoms with Gasteiger partial charge in [0.2, 0.25) is 0 Å². The molecule has 0 aliphatic heterocycles. The van der Waals surface area contributed by atoms with E-state index in [0.29, 0.717) is 12.1 Å². The molecule has 35 heavy (non-hydrogen) atoms. The smallest absolute Gasteiger partial charge is 0.355 e. The summed E-state index contributed by atoms with van der Waals surface area (Å²) in [5.74, 6) is 2.72. The van der Waals surface area contributed by atoms with Gasteiger partial charge in [0.05, 0.1) is 10.5 Å². The number of aromatic nitrogens is 5. The molecule has 0 bridgehead atoms. The number of sulfone groups is 1. The van der Waals surface area contributed by atoms with Crippen LogP contribution in [0.25, 0.3) is 16.6 Å². The van der Waals surface area contributed by atoms with Crippen molar-refractivity contribution in [2.75, 3.05) is 6.26 Å². The van der Waals surface area contributed by atoms with Gasteiger partial charge in [0.15, 0.2) is 9.84 Å². The van der Waals surface area contributed by atoms with Crippen LogP contribution in [0.15, 0.2) is 58.7 Å². The molecule has 5 rings (SSSR count). The maximum Gasteiger partial charge on any atom is 0.418 e. The first kappa shape index (κ1) is 24.7. The van der Waals surface area contributed by atoms with Crippen LogP contribution in [0, 0.1) is 5.92 Å². The van der Waals surface area contributed by atoms with Gasteiger partial charge < -0.3 is 9.55 Å². The number of alkyl halides is 3. The molecule has 1 fully saturated rings. The van der Waals surface area contributed by atoms with E-state index in [4.69, 9.17) is 0 Å². The Hall–Kier alpha value is -3.41. The number of halogens is 3. The zero-order valence-corrected chi connectivity index (χ0v) is 20.1. The van der Waals surface area contributed by atoms with E-state index in [1.807, 2.05) is 11.6 Å². The number of H-pyrrole nitrogens is 1. The molecule has 1 aromatic carbocycles. The number of aromatic amines is 1. The second-order valence-corrected chi connectivity index (χ2v) is 10.8. The molecule has 12 heteroatoms. The lowest BCUT2D eigenvalue weighted by Crippen LogP contribution is -2.22. The molecule has 0 atom stereocenters. The van der Waals surface area contributed by atoms with Gasteiger partial charge in [-0.2, -0.15) is 13.2 Å². The zero-order valence-electron chi connectivity index (χ0n) is 19.2. The Kier molecular flexibility index (Phi) is 6.34. The molecular weight excluding hydrogens is 483 g/mol. The summed E-state index contributed by atoms with van der Waals surface area (Å²) in [6, 6.07) is 7.78. The standard InChI is InChI=1S/C15H11F3N2O3S.C8H13N3/c1-24(22,23)11-7-19-13-12(11)10(15(16,17)18)8-20(14(13)21)9-5-3-2-4-6-9;1-6-3-7(4-6)8-10-9-5-11(8)2/h2-8,19H,1H3;5-7H,3-4H2,1-2H3. The van der Waals surface area contributed by atoms with Crippen molar-refractivity contribution in [3.05, 3.63) is 70.8 Å². The Bertz CT molecular complexity index is 1520. The molecule has 8 nitrogen and oxygen atoms in total. The normalized spacial score (nSPS) is 18.1. The predicted octanol–water partition coefficient (Wildman–Crippen LogP) is 4.07. The maximum atomic E-state index is 13.5. The van der Waals surface area contributed by atoms with E-state index in [2.05, 4.69) is 22.1 Å². The number of hydrogen-bond donors (Lipinski definition) is 1. The second-order valence-electron chi connectivity index (χ2n) is 8.80. The van der Waals surface area contributed by atoms with Crippen molar-refractivity contribution in [2.24, 2.45) is 13.0 Å². The van der Waals surface area contributed by atoms with Crippen molar-refractivity contribution in [1.82, 2.24) is 24.3 Å². The number of rotatable bonds is 3. The van der Waals surface area contributed by atoms with Crippen molar-refractivity contribution < 1.29 is 21.6 Å². The number of nitrogens with zero attached hydrogens (tertiary/aromatic N) is 4. The highest BCUT2D eigenvalue weighted by Gasteiger charge is 2.37. The van der Waals surface area contributed by atoms with E-state index in [1.165, 1.54) is 25.0 Å². The highest BCUT2D eigenvalue weighted by molar-refractivity contribution is 7.91. The van der Waals surface area contributed by atoms with Gasteiger partial charge in [0, 0.05) is 42.7 Å². The van der Waals surface area contributed by atoms with Crippen LogP contribution in [0.1, 0.15) is 37.1 Å². The lowest BCUT2D eigenvalue weighted by Gasteiger charge is -2.31. The van der Waals surface area contributed by atoms with Crippen molar-refractivity contribution in [3.63, 3.8) is 0 Å². The molecule has 0 unspecified atom stereocenters. The van der Waals surface area contributed by atoms with E-state index < -0.39 is 42.9 Å². The lowest BCUT2D eigenvalue weighted by atomic mass is 9.76. The summed E-state index contributed by atoms with van der Waals surface area (Å²) in [4.78, 5) is 14.3. The molecule has 1 aliphatic carbocycles. The average molecular weight is 508 g/mol. The Morgan fingerprint density at radius 1 is 1.14 bits per heavy atom. The van der Waals surface area contributed by atoms with Crippen LogP contribution in [0.3, 0.4) is 0 Å². The van der Waals surface area contributed by atoms with Gasteiger partial charge in [-0.3, -0.25) is 9.36 Å². The minimum absolute atomic E-state index is 0.241. The minimum Gasteiger partial charge on any atom is -0.355 e. The molecule has 1 N–H and O–H groups in total. The number of benzene rings is 1. The highest BCUT2D eigenvalue weighted by Crippen LogP contribution is 2.40. The Morgan fingerprint density at radius 3 is 2.31 bits per heavy atom. The first-order valence-electron chi connectivity index (χ1n) is 10.8. The molecule has 0 radical (unpaired) electrons. The van der Waals surface area contributed by atoms with Crippen molar-refractivity contribution in [2.45, 2.75) is 36.8 Å². The Labute approximate surface area is 199 Å². The number of pyridine rings is 1. The van der Waals surface area contributed by atoms with Gasteiger partial charge in [-0.05, 0) is 30.9 Å². The van der Waals surface area contributed by atoms with E-state index >= 15 is 0 Å². The SMILES string of the molecule is CC1CC(c2nncn2C)C1.CS(=O)(=O)c1c[nH]c2c(=O)n(-c3ccccc3)cc(C(F)(F)F)c12. The van der Waals surface area contributed by atoms with Crippen LogP contribution in [0.4, 0.5) is 13.2 Å². The molecule has 186 valence electrons. The molecular formula is C23H24F3N5O3S. The zero-order chi connectivity index (χ0) is 25.5. The molecule has 4 aromatic rings. The maximum absolute atomic E-state index is 13.5. The Morgan fingerprint density at radius 2 is 1.80 bits per heavy atom. The predicted molar refractivity (Wildman–Crippen MR) is 124 cm³/mol. The van der Waals surface area contributed by atoms with Crippen LogP contribution in [-0.4, -0.2) is 39.0 Å². The number of aryl methyl sites for hydroxylation is 1. The van der Waals surface area contributed by atoms with E-state index in [0.717, 1.165) is 28.8 Å². The van der Waals surface area contributed by atoms with Gasteiger partial charge in [-0.1, -0.05) is 25.1 Å².